The lowest BCUT2D eigenvalue weighted by atomic mass is 10.0. The van der Waals surface area contributed by atoms with Gasteiger partial charge in [-0.2, -0.15) is 0 Å². The molecule has 5 heteroatoms. The van der Waals surface area contributed by atoms with Crippen LogP contribution in [0.3, 0.4) is 0 Å². The molecule has 0 bridgehead atoms. The molecule has 0 saturated heterocycles. The number of aromatic nitrogens is 2. The SMILES string of the molecule is CCNC(=O)c1ccc(NC2CCCC(C)CC2)nn1. The van der Waals surface area contributed by atoms with Crippen LogP contribution in [0.1, 0.15) is 56.4 Å². The smallest absolute Gasteiger partial charge is 0.271 e. The van der Waals surface area contributed by atoms with Crippen molar-refractivity contribution in [3.63, 3.8) is 0 Å². The topological polar surface area (TPSA) is 66.9 Å². The zero-order valence-electron chi connectivity index (χ0n) is 12.4. The van der Waals surface area contributed by atoms with Gasteiger partial charge in [0.05, 0.1) is 0 Å². The highest BCUT2D eigenvalue weighted by atomic mass is 16.1. The van der Waals surface area contributed by atoms with Gasteiger partial charge in [-0.1, -0.05) is 19.8 Å². The summed E-state index contributed by atoms with van der Waals surface area (Å²) in [6.07, 6.45) is 6.22. The zero-order chi connectivity index (χ0) is 14.4. The number of hydrogen-bond donors (Lipinski definition) is 2. The van der Waals surface area contributed by atoms with Gasteiger partial charge in [-0.25, -0.2) is 0 Å². The van der Waals surface area contributed by atoms with E-state index in [9.17, 15) is 4.79 Å². The minimum absolute atomic E-state index is 0.171. The van der Waals surface area contributed by atoms with Crippen molar-refractivity contribution in [1.29, 1.82) is 0 Å². The van der Waals surface area contributed by atoms with Gasteiger partial charge < -0.3 is 10.6 Å². The Hall–Kier alpha value is -1.65. The van der Waals surface area contributed by atoms with E-state index in [1.165, 1.54) is 32.1 Å². The number of rotatable bonds is 4. The molecule has 1 aliphatic carbocycles. The molecule has 20 heavy (non-hydrogen) atoms. The Kier molecular flexibility index (Phi) is 5.32. The minimum atomic E-state index is -0.171. The van der Waals surface area contributed by atoms with Crippen LogP contribution in [0.2, 0.25) is 0 Å². The standard InChI is InChI=1S/C15H24N4O/c1-3-16-15(20)13-9-10-14(19-18-13)17-12-6-4-5-11(2)7-8-12/h9-12H,3-8H2,1-2H3,(H,16,20)(H,17,19). The van der Waals surface area contributed by atoms with E-state index >= 15 is 0 Å². The third-order valence-corrected chi connectivity index (χ3v) is 3.84. The molecule has 5 nitrogen and oxygen atoms in total. The molecular weight excluding hydrogens is 252 g/mol. The molecule has 1 saturated carbocycles. The van der Waals surface area contributed by atoms with Crippen LogP contribution in [-0.4, -0.2) is 28.7 Å². The highest BCUT2D eigenvalue weighted by Crippen LogP contribution is 2.24. The fraction of sp³-hybridized carbons (Fsp3) is 0.667. The van der Waals surface area contributed by atoms with Crippen molar-refractivity contribution in [1.82, 2.24) is 15.5 Å². The van der Waals surface area contributed by atoms with Crippen LogP contribution < -0.4 is 10.6 Å². The number of anilines is 1. The summed E-state index contributed by atoms with van der Waals surface area (Å²) in [6, 6.07) is 4.04. The van der Waals surface area contributed by atoms with Gasteiger partial charge >= 0.3 is 0 Å². The zero-order valence-corrected chi connectivity index (χ0v) is 12.4. The number of nitrogens with zero attached hydrogens (tertiary/aromatic N) is 2. The van der Waals surface area contributed by atoms with Gasteiger partial charge in [0.1, 0.15) is 5.82 Å². The van der Waals surface area contributed by atoms with Crippen LogP contribution in [-0.2, 0) is 0 Å². The van der Waals surface area contributed by atoms with E-state index in [-0.39, 0.29) is 5.91 Å². The summed E-state index contributed by atoms with van der Waals surface area (Å²) in [7, 11) is 0. The van der Waals surface area contributed by atoms with E-state index in [1.807, 2.05) is 13.0 Å². The second kappa shape index (κ2) is 7.22. The molecule has 0 aromatic carbocycles. The maximum absolute atomic E-state index is 11.6. The number of carbonyl (C=O) groups is 1. The first-order chi connectivity index (χ1) is 9.69. The maximum Gasteiger partial charge on any atom is 0.271 e. The maximum atomic E-state index is 11.6. The summed E-state index contributed by atoms with van der Waals surface area (Å²) in [6.45, 7) is 4.80. The number of nitrogens with one attached hydrogen (secondary N) is 2. The van der Waals surface area contributed by atoms with Crippen molar-refractivity contribution in [3.8, 4) is 0 Å². The second-order valence-corrected chi connectivity index (χ2v) is 5.62. The van der Waals surface area contributed by atoms with Crippen molar-refractivity contribution in [2.24, 2.45) is 5.92 Å². The highest BCUT2D eigenvalue weighted by Gasteiger charge is 2.16. The molecule has 2 N–H and O–H groups in total. The van der Waals surface area contributed by atoms with Crippen LogP contribution in [0.5, 0.6) is 0 Å². The molecule has 0 aliphatic heterocycles. The van der Waals surface area contributed by atoms with Gasteiger partial charge in [-0.15, -0.1) is 10.2 Å². The molecule has 2 rings (SSSR count). The molecule has 110 valence electrons. The number of amides is 1. The molecule has 1 aromatic heterocycles. The summed E-state index contributed by atoms with van der Waals surface area (Å²) < 4.78 is 0. The van der Waals surface area contributed by atoms with Gasteiger partial charge in [0.2, 0.25) is 0 Å². The Morgan fingerprint density at radius 1 is 1.25 bits per heavy atom. The summed E-state index contributed by atoms with van der Waals surface area (Å²) >= 11 is 0. The van der Waals surface area contributed by atoms with Crippen LogP contribution in [0, 0.1) is 5.92 Å². The van der Waals surface area contributed by atoms with Gasteiger partial charge in [-0.3, -0.25) is 4.79 Å². The van der Waals surface area contributed by atoms with E-state index < -0.39 is 0 Å². The average Bonchev–Trinajstić information content (AvgIpc) is 2.65. The van der Waals surface area contributed by atoms with Gasteiger partial charge in [-0.05, 0) is 44.2 Å². The summed E-state index contributed by atoms with van der Waals surface area (Å²) in [5, 5.41) is 14.2. The fourth-order valence-corrected chi connectivity index (χ4v) is 2.62. The average molecular weight is 276 g/mol. The molecule has 1 aromatic rings. The molecule has 0 radical (unpaired) electrons. The Balaban J connectivity index is 1.91. The molecule has 2 atom stereocenters. The molecule has 1 heterocycles. The lowest BCUT2D eigenvalue weighted by molar-refractivity contribution is 0.0950. The van der Waals surface area contributed by atoms with Gasteiger partial charge in [0, 0.05) is 12.6 Å². The normalized spacial score (nSPS) is 22.9. The minimum Gasteiger partial charge on any atom is -0.366 e. The van der Waals surface area contributed by atoms with E-state index in [0.29, 0.717) is 18.3 Å². The van der Waals surface area contributed by atoms with Crippen molar-refractivity contribution in [2.75, 3.05) is 11.9 Å². The molecule has 0 spiro atoms. The molecule has 2 unspecified atom stereocenters. The predicted octanol–water partition coefficient (Wildman–Crippen LogP) is 2.61. The summed E-state index contributed by atoms with van der Waals surface area (Å²) in [4.78, 5) is 11.6. The fourth-order valence-electron chi connectivity index (χ4n) is 2.62. The first-order valence-corrected chi connectivity index (χ1v) is 7.57. The predicted molar refractivity (Wildman–Crippen MR) is 79.7 cm³/mol. The van der Waals surface area contributed by atoms with E-state index in [1.54, 1.807) is 6.07 Å². The van der Waals surface area contributed by atoms with Crippen LogP contribution in [0.25, 0.3) is 0 Å². The third kappa shape index (κ3) is 4.18. The third-order valence-electron chi connectivity index (χ3n) is 3.84. The Morgan fingerprint density at radius 3 is 2.80 bits per heavy atom. The van der Waals surface area contributed by atoms with Crippen molar-refractivity contribution in [2.45, 2.75) is 52.0 Å². The Bertz CT molecular complexity index is 432. The molecular formula is C15H24N4O. The second-order valence-electron chi connectivity index (χ2n) is 5.62. The van der Waals surface area contributed by atoms with Gasteiger partial charge in [0.25, 0.3) is 5.91 Å². The largest absolute Gasteiger partial charge is 0.366 e. The first-order valence-electron chi connectivity index (χ1n) is 7.57. The summed E-state index contributed by atoms with van der Waals surface area (Å²) in [5.74, 6) is 1.42. The van der Waals surface area contributed by atoms with E-state index in [0.717, 1.165) is 11.7 Å². The van der Waals surface area contributed by atoms with Crippen molar-refractivity contribution < 1.29 is 4.79 Å². The number of carbonyl (C=O) groups excluding carboxylic acids is 1. The Labute approximate surface area is 120 Å². The lowest BCUT2D eigenvalue weighted by Crippen LogP contribution is -2.24. The monoisotopic (exact) mass is 276 g/mol. The first kappa shape index (κ1) is 14.8. The highest BCUT2D eigenvalue weighted by molar-refractivity contribution is 5.92. The van der Waals surface area contributed by atoms with Crippen LogP contribution >= 0.6 is 0 Å². The van der Waals surface area contributed by atoms with Crippen LogP contribution in [0.15, 0.2) is 12.1 Å². The quantitative estimate of drug-likeness (QED) is 0.830. The van der Waals surface area contributed by atoms with Gasteiger partial charge in [0.15, 0.2) is 5.69 Å². The van der Waals surface area contributed by atoms with E-state index in [4.69, 9.17) is 0 Å². The lowest BCUT2D eigenvalue weighted by Gasteiger charge is -2.16. The Morgan fingerprint density at radius 2 is 2.10 bits per heavy atom. The van der Waals surface area contributed by atoms with Crippen molar-refractivity contribution >= 4 is 11.7 Å². The number of hydrogen-bond acceptors (Lipinski definition) is 4. The molecule has 1 aliphatic rings. The summed E-state index contributed by atoms with van der Waals surface area (Å²) in [5.41, 5.74) is 0.367. The molecule has 1 fully saturated rings. The molecule has 1 amide bonds. The van der Waals surface area contributed by atoms with E-state index in [2.05, 4.69) is 27.8 Å². The van der Waals surface area contributed by atoms with Crippen LogP contribution in [0.4, 0.5) is 5.82 Å². The van der Waals surface area contributed by atoms with Crippen molar-refractivity contribution in [3.05, 3.63) is 17.8 Å².